The van der Waals surface area contributed by atoms with Gasteiger partial charge in [0.05, 0.1) is 17.5 Å². The number of carbonyl (C=O) groups excluding carboxylic acids is 1. The highest BCUT2D eigenvalue weighted by Gasteiger charge is 2.42. The number of rotatable bonds is 2. The first-order valence-electron chi connectivity index (χ1n) is 10.4. The summed E-state index contributed by atoms with van der Waals surface area (Å²) in [6.45, 7) is 2.33. The Morgan fingerprint density at radius 2 is 1.97 bits per heavy atom. The van der Waals surface area contributed by atoms with E-state index in [4.69, 9.17) is 4.42 Å². The maximum absolute atomic E-state index is 14.8. The summed E-state index contributed by atoms with van der Waals surface area (Å²) in [6.07, 6.45) is 2.94. The fraction of sp³-hybridized carbons (Fsp3) is 0.261. The molecular weight excluding hydrogens is 397 g/mol. The number of hydrogen-bond acceptors (Lipinski definition) is 5. The van der Waals surface area contributed by atoms with Crippen LogP contribution in [0.2, 0.25) is 0 Å². The van der Waals surface area contributed by atoms with Gasteiger partial charge in [0.25, 0.3) is 5.91 Å². The number of piperidine rings is 1. The molecule has 8 heteroatoms. The number of fused-ring (bicyclic) bond motifs is 3. The number of hydrogen-bond donors (Lipinski definition) is 3. The van der Waals surface area contributed by atoms with Crippen molar-refractivity contribution in [2.75, 3.05) is 19.6 Å². The molecule has 31 heavy (non-hydrogen) atoms. The molecular formula is C23H20FN5O2. The van der Waals surface area contributed by atoms with E-state index in [1.54, 1.807) is 6.07 Å². The lowest BCUT2D eigenvalue weighted by atomic mass is 9.73. The normalized spacial score (nSPS) is 17.6. The van der Waals surface area contributed by atoms with Crippen LogP contribution >= 0.6 is 0 Å². The van der Waals surface area contributed by atoms with Crippen LogP contribution in [0.25, 0.3) is 33.9 Å². The molecule has 0 unspecified atom stereocenters. The number of aromatic nitrogens is 3. The Morgan fingerprint density at radius 1 is 1.13 bits per heavy atom. The van der Waals surface area contributed by atoms with Crippen LogP contribution in [0.5, 0.6) is 0 Å². The zero-order valence-corrected chi connectivity index (χ0v) is 16.7. The number of nitrogens with one attached hydrogen (secondary N) is 3. The second-order valence-corrected chi connectivity index (χ2v) is 8.22. The minimum atomic E-state index is -0.557. The van der Waals surface area contributed by atoms with Crippen LogP contribution in [-0.2, 0) is 5.41 Å². The number of nitrogens with zero attached hydrogens (tertiary/aromatic N) is 2. The summed E-state index contributed by atoms with van der Waals surface area (Å²) in [6, 6.07) is 11.1. The van der Waals surface area contributed by atoms with Crippen molar-refractivity contribution in [2.45, 2.75) is 18.3 Å². The van der Waals surface area contributed by atoms with E-state index in [2.05, 4.69) is 25.6 Å². The molecule has 0 saturated carbocycles. The van der Waals surface area contributed by atoms with E-state index >= 15 is 0 Å². The lowest BCUT2D eigenvalue weighted by Gasteiger charge is -2.40. The van der Waals surface area contributed by atoms with E-state index in [1.807, 2.05) is 30.3 Å². The van der Waals surface area contributed by atoms with E-state index < -0.39 is 5.82 Å². The first-order chi connectivity index (χ1) is 15.1. The van der Waals surface area contributed by atoms with Crippen LogP contribution in [0.1, 0.15) is 28.9 Å². The molecule has 2 aliphatic rings. The maximum atomic E-state index is 14.8. The summed E-state index contributed by atoms with van der Waals surface area (Å²) in [7, 11) is 0. The molecule has 1 spiro atoms. The second-order valence-electron chi connectivity index (χ2n) is 8.22. The molecule has 6 rings (SSSR count). The molecule has 4 aromatic rings. The van der Waals surface area contributed by atoms with E-state index in [0.717, 1.165) is 43.2 Å². The van der Waals surface area contributed by atoms with Crippen molar-refractivity contribution in [2.24, 2.45) is 0 Å². The third-order valence-corrected chi connectivity index (χ3v) is 6.39. The molecule has 1 amide bonds. The summed E-state index contributed by atoms with van der Waals surface area (Å²) >= 11 is 0. The van der Waals surface area contributed by atoms with Crippen LogP contribution < -0.4 is 10.6 Å². The third kappa shape index (κ3) is 2.86. The zero-order chi connectivity index (χ0) is 21.0. The molecule has 156 valence electrons. The van der Waals surface area contributed by atoms with E-state index in [1.165, 1.54) is 0 Å². The number of amides is 1. The largest absolute Gasteiger partial charge is 0.453 e. The molecule has 0 atom stereocenters. The SMILES string of the molecule is O=C1NCC2(CCNCC2)c2[nH]c(-c3nc(-c4cc5ccccc5o4)ncc3F)cc21. The maximum Gasteiger partial charge on any atom is 0.253 e. The predicted molar refractivity (Wildman–Crippen MR) is 113 cm³/mol. The van der Waals surface area contributed by atoms with Crippen molar-refractivity contribution in [3.05, 3.63) is 59.7 Å². The Morgan fingerprint density at radius 3 is 2.81 bits per heavy atom. The number of furan rings is 1. The standard InChI is InChI=1S/C23H20FN5O2/c24-15-11-26-21(18-9-13-3-1-2-4-17(13)31-18)29-19(15)16-10-14-20(28-16)23(12-27-22(14)30)5-7-25-8-6-23/h1-4,9-11,25,28H,5-8,12H2,(H,27,30). The average Bonchev–Trinajstić information content (AvgIpc) is 3.43. The van der Waals surface area contributed by atoms with Crippen molar-refractivity contribution < 1.29 is 13.6 Å². The van der Waals surface area contributed by atoms with Gasteiger partial charge in [-0.25, -0.2) is 14.4 Å². The van der Waals surface area contributed by atoms with E-state index in [0.29, 0.717) is 35.0 Å². The molecule has 3 N–H and O–H groups in total. The molecule has 1 saturated heterocycles. The lowest BCUT2D eigenvalue weighted by Crippen LogP contribution is -2.51. The summed E-state index contributed by atoms with van der Waals surface area (Å²) in [5.41, 5.74) is 2.57. The van der Waals surface area contributed by atoms with Gasteiger partial charge in [0, 0.05) is 23.0 Å². The van der Waals surface area contributed by atoms with Gasteiger partial charge in [-0.05, 0) is 44.1 Å². The minimum absolute atomic E-state index is 0.122. The minimum Gasteiger partial charge on any atom is -0.453 e. The summed E-state index contributed by atoms with van der Waals surface area (Å²) in [5, 5.41) is 7.29. The van der Waals surface area contributed by atoms with Gasteiger partial charge in [0.2, 0.25) is 0 Å². The summed E-state index contributed by atoms with van der Waals surface area (Å²) < 4.78 is 20.6. The molecule has 0 aliphatic carbocycles. The van der Waals surface area contributed by atoms with Gasteiger partial charge >= 0.3 is 0 Å². The Bertz CT molecular complexity index is 1290. The molecule has 0 bridgehead atoms. The molecule has 0 radical (unpaired) electrons. The van der Waals surface area contributed by atoms with Crippen molar-refractivity contribution in [3.8, 4) is 23.0 Å². The highest BCUT2D eigenvalue weighted by atomic mass is 19.1. The molecule has 1 fully saturated rings. The molecule has 3 aromatic heterocycles. The number of para-hydroxylation sites is 1. The molecule has 2 aliphatic heterocycles. The Balaban J connectivity index is 1.46. The van der Waals surface area contributed by atoms with Crippen molar-refractivity contribution in [1.82, 2.24) is 25.6 Å². The zero-order valence-electron chi connectivity index (χ0n) is 16.7. The fourth-order valence-electron chi connectivity index (χ4n) is 4.71. The first-order valence-corrected chi connectivity index (χ1v) is 10.4. The van der Waals surface area contributed by atoms with Gasteiger partial charge in [0.1, 0.15) is 11.3 Å². The fourth-order valence-corrected chi connectivity index (χ4v) is 4.71. The van der Waals surface area contributed by atoms with Gasteiger partial charge in [-0.2, -0.15) is 0 Å². The van der Waals surface area contributed by atoms with Gasteiger partial charge in [-0.3, -0.25) is 4.79 Å². The molecule has 1 aromatic carbocycles. The van der Waals surface area contributed by atoms with Gasteiger partial charge < -0.3 is 20.0 Å². The number of H-pyrrole nitrogens is 1. The first kappa shape index (κ1) is 18.3. The van der Waals surface area contributed by atoms with Crippen LogP contribution in [0.3, 0.4) is 0 Å². The number of benzene rings is 1. The van der Waals surface area contributed by atoms with E-state index in [9.17, 15) is 9.18 Å². The number of halogens is 1. The average molecular weight is 417 g/mol. The monoisotopic (exact) mass is 417 g/mol. The van der Waals surface area contributed by atoms with E-state index in [-0.39, 0.29) is 17.0 Å². The van der Waals surface area contributed by atoms with Crippen molar-refractivity contribution >= 4 is 16.9 Å². The topological polar surface area (TPSA) is 95.8 Å². The van der Waals surface area contributed by atoms with Gasteiger partial charge in [-0.1, -0.05) is 18.2 Å². The third-order valence-electron chi connectivity index (χ3n) is 6.39. The van der Waals surface area contributed by atoms with Gasteiger partial charge in [0.15, 0.2) is 17.4 Å². The summed E-state index contributed by atoms with van der Waals surface area (Å²) in [5.74, 6) is 0.0550. The van der Waals surface area contributed by atoms with Crippen molar-refractivity contribution in [1.29, 1.82) is 0 Å². The second kappa shape index (κ2) is 6.75. The molecule has 5 heterocycles. The van der Waals surface area contributed by atoms with Crippen molar-refractivity contribution in [3.63, 3.8) is 0 Å². The number of carbonyl (C=O) groups is 1. The Kier molecular flexibility index (Phi) is 3.97. The highest BCUT2D eigenvalue weighted by Crippen LogP contribution is 2.39. The Hall–Kier alpha value is -3.52. The van der Waals surface area contributed by atoms with Crippen LogP contribution in [0.15, 0.2) is 47.0 Å². The quantitative estimate of drug-likeness (QED) is 0.465. The predicted octanol–water partition coefficient (Wildman–Crippen LogP) is 3.39. The highest BCUT2D eigenvalue weighted by molar-refractivity contribution is 5.98. The van der Waals surface area contributed by atoms with Crippen LogP contribution in [-0.4, -0.2) is 40.5 Å². The summed E-state index contributed by atoms with van der Waals surface area (Å²) in [4.78, 5) is 24.5. The van der Waals surface area contributed by atoms with Crippen LogP contribution in [0.4, 0.5) is 4.39 Å². The van der Waals surface area contributed by atoms with Crippen LogP contribution in [0, 0.1) is 5.82 Å². The Labute approximate surface area is 177 Å². The molecule has 7 nitrogen and oxygen atoms in total. The smallest absolute Gasteiger partial charge is 0.253 e. The lowest BCUT2D eigenvalue weighted by molar-refractivity contribution is 0.0913. The number of aromatic amines is 1. The van der Waals surface area contributed by atoms with Gasteiger partial charge in [-0.15, -0.1) is 0 Å².